The average molecular weight is 306 g/mol. The van der Waals surface area contributed by atoms with Crippen LogP contribution in [0.4, 0.5) is 0 Å². The Hall–Kier alpha value is -2.11. The van der Waals surface area contributed by atoms with Gasteiger partial charge in [0.1, 0.15) is 6.54 Å². The summed E-state index contributed by atoms with van der Waals surface area (Å²) in [5.74, 6) is -0.211. The van der Waals surface area contributed by atoms with E-state index >= 15 is 0 Å². The van der Waals surface area contributed by atoms with Gasteiger partial charge in [-0.15, -0.1) is 0 Å². The van der Waals surface area contributed by atoms with Crippen molar-refractivity contribution in [3.8, 4) is 0 Å². The summed E-state index contributed by atoms with van der Waals surface area (Å²) in [6.07, 6.45) is 6.61. The van der Waals surface area contributed by atoms with Gasteiger partial charge < -0.3 is 15.0 Å². The Morgan fingerprint density at radius 2 is 2.00 bits per heavy atom. The molecule has 0 bridgehead atoms. The quantitative estimate of drug-likeness (QED) is 0.769. The summed E-state index contributed by atoms with van der Waals surface area (Å²) in [6.45, 7) is 4.44. The number of nitrogens with one attached hydrogen (secondary N) is 1. The molecule has 1 N–H and O–H groups in total. The maximum atomic E-state index is 12.0. The first kappa shape index (κ1) is 16.3. The zero-order valence-corrected chi connectivity index (χ0v) is 12.8. The number of rotatable bonds is 5. The molecule has 0 spiro atoms. The molecule has 22 heavy (non-hydrogen) atoms. The lowest BCUT2D eigenvalue weighted by atomic mass is 9.81. The smallest absolute Gasteiger partial charge is 0.325 e. The molecule has 2 amide bonds. The molecule has 0 unspecified atom stereocenters. The summed E-state index contributed by atoms with van der Waals surface area (Å²) >= 11 is 0. The van der Waals surface area contributed by atoms with Crippen molar-refractivity contribution in [1.29, 1.82) is 0 Å². The number of allylic oxidation sites excluding steroid dienone is 1. The molecule has 6 heteroatoms. The number of esters is 1. The van der Waals surface area contributed by atoms with E-state index in [1.54, 1.807) is 11.0 Å². The molecule has 0 aromatic carbocycles. The van der Waals surface area contributed by atoms with E-state index in [0.717, 1.165) is 31.4 Å². The molecule has 0 aromatic heterocycles. The lowest BCUT2D eigenvalue weighted by Crippen LogP contribution is -2.38. The number of ether oxygens (including phenoxy) is 1. The summed E-state index contributed by atoms with van der Waals surface area (Å²) in [4.78, 5) is 36.4. The molecule has 1 fully saturated rings. The average Bonchev–Trinajstić information content (AvgIpc) is 2.84. The van der Waals surface area contributed by atoms with Crippen LogP contribution in [-0.4, -0.2) is 42.9 Å². The van der Waals surface area contributed by atoms with E-state index in [0.29, 0.717) is 12.5 Å². The Morgan fingerprint density at radius 3 is 2.55 bits per heavy atom. The van der Waals surface area contributed by atoms with Crippen molar-refractivity contribution in [3.05, 3.63) is 24.4 Å². The van der Waals surface area contributed by atoms with E-state index < -0.39 is 5.97 Å². The summed E-state index contributed by atoms with van der Waals surface area (Å²) < 4.78 is 4.49. The first-order valence-corrected chi connectivity index (χ1v) is 7.54. The molecular formula is C16H22N2O4. The third-order valence-electron chi connectivity index (χ3n) is 4.32. The molecule has 120 valence electrons. The highest BCUT2D eigenvalue weighted by molar-refractivity contribution is 5.93. The minimum atomic E-state index is -0.444. The molecule has 0 atom stereocenters. The van der Waals surface area contributed by atoms with Gasteiger partial charge in [-0.25, -0.2) is 0 Å². The second-order valence-electron chi connectivity index (χ2n) is 5.79. The highest BCUT2D eigenvalue weighted by atomic mass is 16.5. The third kappa shape index (κ3) is 3.96. The van der Waals surface area contributed by atoms with Gasteiger partial charge in [0.25, 0.3) is 5.91 Å². The molecule has 6 nitrogen and oxygen atoms in total. The summed E-state index contributed by atoms with van der Waals surface area (Å²) in [7, 11) is 1.29. The number of carbonyl (C=O) groups is 3. The Bertz CT molecular complexity index is 486. The molecule has 2 aliphatic rings. The van der Waals surface area contributed by atoms with Crippen LogP contribution in [0.1, 0.15) is 25.7 Å². The van der Waals surface area contributed by atoms with Crippen molar-refractivity contribution in [2.24, 2.45) is 11.8 Å². The van der Waals surface area contributed by atoms with Gasteiger partial charge in [0.2, 0.25) is 5.91 Å². The van der Waals surface area contributed by atoms with E-state index in [-0.39, 0.29) is 24.3 Å². The van der Waals surface area contributed by atoms with Gasteiger partial charge >= 0.3 is 5.97 Å². The predicted octanol–water partition coefficient (Wildman–Crippen LogP) is 0.994. The Morgan fingerprint density at radius 1 is 1.32 bits per heavy atom. The van der Waals surface area contributed by atoms with Gasteiger partial charge in [0, 0.05) is 24.2 Å². The summed E-state index contributed by atoms with van der Waals surface area (Å²) in [5, 5.41) is 2.60. The fourth-order valence-corrected chi connectivity index (χ4v) is 2.94. The van der Waals surface area contributed by atoms with Gasteiger partial charge in [-0.1, -0.05) is 6.58 Å². The maximum absolute atomic E-state index is 12.0. The monoisotopic (exact) mass is 306 g/mol. The van der Waals surface area contributed by atoms with E-state index in [1.807, 2.05) is 0 Å². The molecule has 1 aliphatic carbocycles. The van der Waals surface area contributed by atoms with E-state index in [4.69, 9.17) is 0 Å². The van der Waals surface area contributed by atoms with Crippen LogP contribution in [0, 0.1) is 11.8 Å². The largest absolute Gasteiger partial charge is 0.468 e. The van der Waals surface area contributed by atoms with Crippen LogP contribution < -0.4 is 5.32 Å². The van der Waals surface area contributed by atoms with Crippen LogP contribution in [0.3, 0.4) is 0 Å². The molecule has 2 rings (SSSR count). The van der Waals surface area contributed by atoms with Gasteiger partial charge in [-0.3, -0.25) is 14.4 Å². The number of hydrogen-bond acceptors (Lipinski definition) is 4. The number of amides is 2. The van der Waals surface area contributed by atoms with Crippen molar-refractivity contribution in [3.63, 3.8) is 0 Å². The second kappa shape index (κ2) is 7.24. The molecule has 0 saturated heterocycles. The van der Waals surface area contributed by atoms with Gasteiger partial charge in [0.05, 0.1) is 7.11 Å². The van der Waals surface area contributed by atoms with Crippen molar-refractivity contribution >= 4 is 17.8 Å². The first-order valence-electron chi connectivity index (χ1n) is 7.54. The fourth-order valence-electron chi connectivity index (χ4n) is 2.94. The lowest BCUT2D eigenvalue weighted by molar-refractivity contribution is -0.141. The SMILES string of the molecule is C=C1C=CC(=O)N1CC1CCC(C(=O)NCC(=O)OC)CC1. The molecule has 1 saturated carbocycles. The number of methoxy groups -OCH3 is 1. The number of carbonyl (C=O) groups excluding carboxylic acids is 3. The Kier molecular flexibility index (Phi) is 5.35. The Balaban J connectivity index is 1.73. The minimum absolute atomic E-state index is 0.0112. The van der Waals surface area contributed by atoms with Crippen molar-refractivity contribution in [2.45, 2.75) is 25.7 Å². The maximum Gasteiger partial charge on any atom is 0.325 e. The van der Waals surface area contributed by atoms with E-state index in [2.05, 4.69) is 16.6 Å². The highest BCUT2D eigenvalue weighted by Gasteiger charge is 2.29. The molecule has 0 radical (unpaired) electrons. The lowest BCUT2D eigenvalue weighted by Gasteiger charge is -2.30. The standard InChI is InChI=1S/C16H22N2O4/c1-11-3-8-14(19)18(11)10-12-4-6-13(7-5-12)16(21)17-9-15(20)22-2/h3,8,12-13H,1,4-7,9-10H2,2H3,(H,17,21). The predicted molar refractivity (Wildman–Crippen MR) is 80.5 cm³/mol. The number of hydrogen-bond donors (Lipinski definition) is 1. The van der Waals surface area contributed by atoms with Crippen LogP contribution in [-0.2, 0) is 19.1 Å². The highest BCUT2D eigenvalue weighted by Crippen LogP contribution is 2.30. The molecule has 1 heterocycles. The Labute approximate surface area is 130 Å². The number of nitrogens with zero attached hydrogens (tertiary/aromatic N) is 1. The second-order valence-corrected chi connectivity index (χ2v) is 5.79. The van der Waals surface area contributed by atoms with Crippen LogP contribution >= 0.6 is 0 Å². The molecule has 1 aliphatic heterocycles. The third-order valence-corrected chi connectivity index (χ3v) is 4.32. The van der Waals surface area contributed by atoms with Gasteiger partial charge in [-0.2, -0.15) is 0 Å². The fraction of sp³-hybridized carbons (Fsp3) is 0.562. The zero-order chi connectivity index (χ0) is 16.1. The van der Waals surface area contributed by atoms with Crippen LogP contribution in [0.5, 0.6) is 0 Å². The van der Waals surface area contributed by atoms with Crippen LogP contribution in [0.15, 0.2) is 24.4 Å². The summed E-state index contributed by atoms with van der Waals surface area (Å²) in [6, 6.07) is 0. The zero-order valence-electron chi connectivity index (χ0n) is 12.8. The molecule has 0 aromatic rings. The topological polar surface area (TPSA) is 75.7 Å². The molecular weight excluding hydrogens is 284 g/mol. The van der Waals surface area contributed by atoms with E-state index in [1.165, 1.54) is 13.2 Å². The van der Waals surface area contributed by atoms with Crippen LogP contribution in [0.25, 0.3) is 0 Å². The van der Waals surface area contributed by atoms with Gasteiger partial charge in [-0.05, 0) is 37.7 Å². The van der Waals surface area contributed by atoms with Gasteiger partial charge in [0.15, 0.2) is 0 Å². The normalized spacial score (nSPS) is 24.5. The first-order chi connectivity index (χ1) is 10.5. The van der Waals surface area contributed by atoms with Crippen molar-refractivity contribution in [2.75, 3.05) is 20.2 Å². The van der Waals surface area contributed by atoms with Crippen LogP contribution in [0.2, 0.25) is 0 Å². The van der Waals surface area contributed by atoms with Crippen molar-refractivity contribution < 1.29 is 19.1 Å². The minimum Gasteiger partial charge on any atom is -0.468 e. The van der Waals surface area contributed by atoms with E-state index in [9.17, 15) is 14.4 Å². The summed E-state index contributed by atoms with van der Waals surface area (Å²) in [5.41, 5.74) is 0.739. The van der Waals surface area contributed by atoms with Crippen molar-refractivity contribution in [1.82, 2.24) is 10.2 Å².